The molecule has 3 rings (SSSR count). The van der Waals surface area contributed by atoms with Gasteiger partial charge in [0.15, 0.2) is 0 Å². The van der Waals surface area contributed by atoms with Crippen LogP contribution in [-0.4, -0.2) is 39.7 Å². The van der Waals surface area contributed by atoms with E-state index in [2.05, 4.69) is 35.1 Å². The molecule has 160 valence electrons. The largest absolute Gasteiger partial charge is 0.444 e. The number of likely N-dealkylation sites (tertiary alicyclic amines) is 1. The van der Waals surface area contributed by atoms with Gasteiger partial charge in [-0.3, -0.25) is 0 Å². The lowest BCUT2D eigenvalue weighted by molar-refractivity contribution is 0.0197. The molecule has 1 saturated heterocycles. The van der Waals surface area contributed by atoms with Gasteiger partial charge in [0.2, 0.25) is 5.95 Å². The number of anilines is 1. The van der Waals surface area contributed by atoms with Crippen molar-refractivity contribution in [2.45, 2.75) is 83.7 Å². The third-order valence-corrected chi connectivity index (χ3v) is 5.77. The fraction of sp³-hybridized carbons (Fsp3) is 0.696. The van der Waals surface area contributed by atoms with Gasteiger partial charge in [-0.25, -0.2) is 14.8 Å². The Kier molecular flexibility index (Phi) is 6.81. The number of nitrogen functional groups attached to an aromatic ring is 1. The van der Waals surface area contributed by atoms with Crippen LogP contribution >= 0.6 is 0 Å². The Hall–Kier alpha value is -2.11. The van der Waals surface area contributed by atoms with Gasteiger partial charge in [0.25, 0.3) is 0 Å². The molecule has 3 unspecified atom stereocenters. The molecule has 0 bridgehead atoms. The van der Waals surface area contributed by atoms with E-state index in [4.69, 9.17) is 10.5 Å². The normalized spacial score (nSPS) is 25.1. The molecular weight excluding hydrogens is 364 g/mol. The van der Waals surface area contributed by atoms with E-state index >= 15 is 0 Å². The smallest absolute Gasteiger partial charge is 0.410 e. The van der Waals surface area contributed by atoms with Crippen molar-refractivity contribution in [3.63, 3.8) is 0 Å². The topological polar surface area (TPSA) is 81.3 Å². The molecule has 6 nitrogen and oxygen atoms in total. The summed E-state index contributed by atoms with van der Waals surface area (Å²) in [4.78, 5) is 23.4. The number of amides is 1. The third-order valence-electron chi connectivity index (χ3n) is 5.77. The van der Waals surface area contributed by atoms with Crippen molar-refractivity contribution in [3.05, 3.63) is 29.6 Å². The molecule has 1 aromatic heterocycles. The molecule has 2 N–H and O–H groups in total. The van der Waals surface area contributed by atoms with Crippen LogP contribution in [0.4, 0.5) is 10.7 Å². The standard InChI is InChI=1S/C23H36N4O2/c1-5-8-16-9-6-10-17(13-16)19-14-20(26-21(24)25-19)18-11-7-12-27(15-18)22(28)29-23(2,3)4/h6,9,14,16-18H,5,7-8,10-13,15H2,1-4H3,(H2,24,25,26). The SMILES string of the molecule is CCCC1C=CCC(c2cc(C3CCCN(C(=O)OC(C)(C)C)C3)nc(N)n2)C1. The molecule has 1 aliphatic heterocycles. The first-order valence-corrected chi connectivity index (χ1v) is 11.0. The monoisotopic (exact) mass is 400 g/mol. The second kappa shape index (κ2) is 9.14. The van der Waals surface area contributed by atoms with Gasteiger partial charge in [0, 0.05) is 30.6 Å². The Bertz CT molecular complexity index is 741. The number of piperidine rings is 1. The number of aromatic nitrogens is 2. The first kappa shape index (κ1) is 21.6. The van der Waals surface area contributed by atoms with Crippen LogP contribution in [0.3, 0.4) is 0 Å². The van der Waals surface area contributed by atoms with Crippen LogP contribution in [0.25, 0.3) is 0 Å². The summed E-state index contributed by atoms with van der Waals surface area (Å²) in [5.74, 6) is 1.53. The maximum absolute atomic E-state index is 12.5. The van der Waals surface area contributed by atoms with Gasteiger partial charge in [-0.2, -0.15) is 0 Å². The van der Waals surface area contributed by atoms with Crippen molar-refractivity contribution in [2.24, 2.45) is 5.92 Å². The Balaban J connectivity index is 1.74. The summed E-state index contributed by atoms with van der Waals surface area (Å²) in [5.41, 5.74) is 7.62. The van der Waals surface area contributed by atoms with Gasteiger partial charge in [-0.05, 0) is 64.9 Å². The van der Waals surface area contributed by atoms with E-state index in [0.717, 1.165) is 43.6 Å². The first-order chi connectivity index (χ1) is 13.7. The molecule has 2 heterocycles. The van der Waals surface area contributed by atoms with Crippen molar-refractivity contribution in [3.8, 4) is 0 Å². The van der Waals surface area contributed by atoms with Gasteiger partial charge < -0.3 is 15.4 Å². The quantitative estimate of drug-likeness (QED) is 0.717. The zero-order chi connectivity index (χ0) is 21.0. The average Bonchev–Trinajstić information content (AvgIpc) is 2.67. The molecular formula is C23H36N4O2. The van der Waals surface area contributed by atoms with Crippen LogP contribution in [0.15, 0.2) is 18.2 Å². The van der Waals surface area contributed by atoms with Gasteiger partial charge in [0.05, 0.1) is 5.69 Å². The maximum atomic E-state index is 12.5. The lowest BCUT2D eigenvalue weighted by atomic mass is 9.82. The molecule has 0 saturated carbocycles. The fourth-order valence-electron chi connectivity index (χ4n) is 4.44. The number of hydrogen-bond acceptors (Lipinski definition) is 5. The Morgan fingerprint density at radius 3 is 2.69 bits per heavy atom. The molecule has 1 amide bonds. The van der Waals surface area contributed by atoms with E-state index in [1.54, 1.807) is 4.90 Å². The Labute approximate surface area is 174 Å². The number of ether oxygens (including phenoxy) is 1. The molecule has 1 aliphatic carbocycles. The Morgan fingerprint density at radius 2 is 2.00 bits per heavy atom. The molecule has 0 radical (unpaired) electrons. The predicted octanol–water partition coefficient (Wildman–Crippen LogP) is 5.02. The molecule has 6 heteroatoms. The number of allylic oxidation sites excluding steroid dienone is 2. The summed E-state index contributed by atoms with van der Waals surface area (Å²) in [5, 5.41) is 0. The summed E-state index contributed by atoms with van der Waals surface area (Å²) in [6.07, 6.45) is 10.9. The summed E-state index contributed by atoms with van der Waals surface area (Å²) in [6.45, 7) is 9.27. The summed E-state index contributed by atoms with van der Waals surface area (Å²) < 4.78 is 5.56. The summed E-state index contributed by atoms with van der Waals surface area (Å²) in [6, 6.07) is 2.13. The molecule has 2 aliphatic rings. The highest BCUT2D eigenvalue weighted by Gasteiger charge is 2.30. The average molecular weight is 401 g/mol. The van der Waals surface area contributed by atoms with E-state index in [-0.39, 0.29) is 12.0 Å². The molecule has 29 heavy (non-hydrogen) atoms. The number of nitrogens with zero attached hydrogens (tertiary/aromatic N) is 3. The van der Waals surface area contributed by atoms with Crippen LogP contribution in [0.2, 0.25) is 0 Å². The van der Waals surface area contributed by atoms with Crippen molar-refractivity contribution in [1.82, 2.24) is 14.9 Å². The van der Waals surface area contributed by atoms with E-state index in [9.17, 15) is 4.79 Å². The van der Waals surface area contributed by atoms with Gasteiger partial charge in [-0.15, -0.1) is 0 Å². The van der Waals surface area contributed by atoms with Crippen LogP contribution in [0.1, 0.15) is 89.4 Å². The van der Waals surface area contributed by atoms with Crippen LogP contribution in [0, 0.1) is 5.92 Å². The molecule has 0 aromatic carbocycles. The predicted molar refractivity (Wildman–Crippen MR) is 116 cm³/mol. The zero-order valence-corrected chi connectivity index (χ0v) is 18.4. The molecule has 3 atom stereocenters. The van der Waals surface area contributed by atoms with Gasteiger partial charge >= 0.3 is 6.09 Å². The second-order valence-electron chi connectivity index (χ2n) is 9.49. The van der Waals surface area contributed by atoms with Crippen LogP contribution in [-0.2, 0) is 4.74 Å². The Morgan fingerprint density at radius 1 is 1.28 bits per heavy atom. The third kappa shape index (κ3) is 5.94. The minimum Gasteiger partial charge on any atom is -0.444 e. The molecule has 0 spiro atoms. The lowest BCUT2D eigenvalue weighted by Gasteiger charge is -2.34. The number of nitrogens with two attached hydrogens (primary N) is 1. The minimum absolute atomic E-state index is 0.172. The highest BCUT2D eigenvalue weighted by atomic mass is 16.6. The second-order valence-corrected chi connectivity index (χ2v) is 9.49. The van der Waals surface area contributed by atoms with Gasteiger partial charge in [0.1, 0.15) is 5.60 Å². The lowest BCUT2D eigenvalue weighted by Crippen LogP contribution is -2.42. The van der Waals surface area contributed by atoms with Gasteiger partial charge in [-0.1, -0.05) is 25.5 Å². The van der Waals surface area contributed by atoms with Crippen LogP contribution in [0.5, 0.6) is 0 Å². The van der Waals surface area contributed by atoms with Crippen molar-refractivity contribution >= 4 is 12.0 Å². The highest BCUT2D eigenvalue weighted by Crippen LogP contribution is 2.35. The van der Waals surface area contributed by atoms with Crippen molar-refractivity contribution in [1.29, 1.82) is 0 Å². The molecule has 1 fully saturated rings. The molecule has 1 aromatic rings. The summed E-state index contributed by atoms with van der Waals surface area (Å²) in [7, 11) is 0. The first-order valence-electron chi connectivity index (χ1n) is 11.0. The van der Waals surface area contributed by atoms with Crippen molar-refractivity contribution in [2.75, 3.05) is 18.8 Å². The fourth-order valence-corrected chi connectivity index (χ4v) is 4.44. The van der Waals surface area contributed by atoms with E-state index in [1.807, 2.05) is 20.8 Å². The van der Waals surface area contributed by atoms with E-state index in [1.165, 1.54) is 12.8 Å². The maximum Gasteiger partial charge on any atom is 0.410 e. The zero-order valence-electron chi connectivity index (χ0n) is 18.4. The number of hydrogen-bond donors (Lipinski definition) is 1. The van der Waals surface area contributed by atoms with E-state index < -0.39 is 5.60 Å². The highest BCUT2D eigenvalue weighted by molar-refractivity contribution is 5.68. The number of carbonyl (C=O) groups is 1. The van der Waals surface area contributed by atoms with E-state index in [0.29, 0.717) is 24.3 Å². The van der Waals surface area contributed by atoms with Crippen molar-refractivity contribution < 1.29 is 9.53 Å². The number of rotatable bonds is 4. The number of carbonyl (C=O) groups excluding carboxylic acids is 1. The van der Waals surface area contributed by atoms with Crippen LogP contribution < -0.4 is 5.73 Å². The summed E-state index contributed by atoms with van der Waals surface area (Å²) >= 11 is 0. The minimum atomic E-state index is -0.486.